The largest absolute Gasteiger partial charge is 0.478 e. The van der Waals surface area contributed by atoms with E-state index in [1.165, 1.54) is 0 Å². The van der Waals surface area contributed by atoms with Gasteiger partial charge in [0.15, 0.2) is 0 Å². The van der Waals surface area contributed by atoms with Gasteiger partial charge in [-0.05, 0) is 50.7 Å². The van der Waals surface area contributed by atoms with Crippen molar-refractivity contribution in [3.63, 3.8) is 0 Å². The zero-order valence-corrected chi connectivity index (χ0v) is 9.09. The molecule has 0 saturated heterocycles. The molecule has 58 valence electrons. The molecule has 0 unspecified atom stereocenters. The van der Waals surface area contributed by atoms with Gasteiger partial charge in [-0.3, -0.25) is 0 Å². The average Bonchev–Trinajstić information content (AvgIpc) is 1.85. The number of carboxylic acid groups (broad SMARTS) is 1. The van der Waals surface area contributed by atoms with E-state index in [-0.39, 0.29) is 0 Å². The van der Waals surface area contributed by atoms with Gasteiger partial charge in [-0.1, -0.05) is 6.07 Å². The molecule has 0 amide bonds. The van der Waals surface area contributed by atoms with E-state index in [4.69, 9.17) is 5.11 Å². The summed E-state index contributed by atoms with van der Waals surface area (Å²) in [6.07, 6.45) is 0. The molecule has 2 nitrogen and oxygen atoms in total. The lowest BCUT2D eigenvalue weighted by atomic mass is 10.2. The highest BCUT2D eigenvalue weighted by molar-refractivity contribution is 14.1. The Kier molecular flexibility index (Phi) is 2.89. The minimum atomic E-state index is -0.901. The Morgan fingerprint density at radius 1 is 1.55 bits per heavy atom. The van der Waals surface area contributed by atoms with Crippen LogP contribution in [0.4, 0.5) is 0 Å². The summed E-state index contributed by atoms with van der Waals surface area (Å²) < 4.78 is 1.36. The lowest BCUT2D eigenvalue weighted by Gasteiger charge is -1.99. The number of carboxylic acids is 1. The third-order valence-corrected chi connectivity index (χ3v) is 2.74. The monoisotopic (exact) mass is 326 g/mol. The molecule has 0 aliphatic carbocycles. The summed E-state index contributed by atoms with van der Waals surface area (Å²) in [7, 11) is 0. The van der Waals surface area contributed by atoms with E-state index in [9.17, 15) is 4.79 Å². The van der Waals surface area contributed by atoms with E-state index < -0.39 is 5.97 Å². The van der Waals surface area contributed by atoms with Crippen molar-refractivity contribution < 1.29 is 9.90 Å². The number of hydrogen-bond donors (Lipinski definition) is 1. The Morgan fingerprint density at radius 2 is 2.18 bits per heavy atom. The number of rotatable bonds is 1. The van der Waals surface area contributed by atoms with E-state index in [2.05, 4.69) is 15.9 Å². The van der Waals surface area contributed by atoms with Gasteiger partial charge in [0.2, 0.25) is 0 Å². The van der Waals surface area contributed by atoms with Gasteiger partial charge < -0.3 is 5.11 Å². The third kappa shape index (κ3) is 1.93. The number of hydrogen-bond acceptors (Lipinski definition) is 1. The van der Waals surface area contributed by atoms with Crippen molar-refractivity contribution in [1.29, 1.82) is 0 Å². The van der Waals surface area contributed by atoms with Crippen molar-refractivity contribution in [2.24, 2.45) is 0 Å². The Morgan fingerprint density at radius 3 is 2.55 bits per heavy atom. The summed E-state index contributed by atoms with van der Waals surface area (Å²) in [4.78, 5) is 10.6. The first kappa shape index (κ1) is 8.99. The summed E-state index contributed by atoms with van der Waals surface area (Å²) >= 11 is 5.15. The van der Waals surface area contributed by atoms with Gasteiger partial charge in [-0.15, -0.1) is 0 Å². The lowest BCUT2D eigenvalue weighted by molar-refractivity contribution is 0.0694. The first-order chi connectivity index (χ1) is 5.13. The maximum atomic E-state index is 10.6. The van der Waals surface area contributed by atoms with E-state index in [0.717, 1.165) is 3.57 Å². The van der Waals surface area contributed by atoms with Crippen molar-refractivity contribution in [1.82, 2.24) is 0 Å². The van der Waals surface area contributed by atoms with Crippen LogP contribution in [0.1, 0.15) is 10.4 Å². The molecule has 1 rings (SSSR count). The van der Waals surface area contributed by atoms with Gasteiger partial charge >= 0.3 is 5.97 Å². The van der Waals surface area contributed by atoms with Crippen LogP contribution in [0.3, 0.4) is 0 Å². The smallest absolute Gasteiger partial charge is 0.337 e. The molecule has 4 heteroatoms. The number of aromatic carboxylic acids is 1. The molecule has 0 saturated carbocycles. The Bertz CT molecular complexity index is 278. The fraction of sp³-hybridized carbons (Fsp3) is 0. The van der Waals surface area contributed by atoms with Crippen molar-refractivity contribution in [3.05, 3.63) is 31.8 Å². The molecule has 0 radical (unpaired) electrons. The molecule has 1 N–H and O–H groups in total. The highest BCUT2D eigenvalue weighted by Crippen LogP contribution is 2.21. The van der Waals surface area contributed by atoms with Gasteiger partial charge in [0.25, 0.3) is 0 Å². The van der Waals surface area contributed by atoms with Gasteiger partial charge in [0.05, 0.1) is 5.56 Å². The second kappa shape index (κ2) is 3.53. The standard InChI is InChI=1S/C7H4BrIO2/c8-4-2-1-3-5(9)6(4)7(10)11/h1-3H,(H,10,11). The van der Waals surface area contributed by atoms with Crippen LogP contribution >= 0.6 is 38.5 Å². The first-order valence-electron chi connectivity index (χ1n) is 2.80. The maximum Gasteiger partial charge on any atom is 0.337 e. The molecule has 1 aromatic rings. The van der Waals surface area contributed by atoms with Crippen molar-refractivity contribution in [2.45, 2.75) is 0 Å². The molecular weight excluding hydrogens is 323 g/mol. The molecule has 0 fully saturated rings. The third-order valence-electron chi connectivity index (χ3n) is 1.18. The van der Waals surface area contributed by atoms with E-state index in [1.54, 1.807) is 18.2 Å². The van der Waals surface area contributed by atoms with Crippen LogP contribution < -0.4 is 0 Å². The fourth-order valence-corrected chi connectivity index (χ4v) is 2.34. The van der Waals surface area contributed by atoms with Crippen LogP contribution in [-0.2, 0) is 0 Å². The Hall–Kier alpha value is -0.100. The summed E-state index contributed by atoms with van der Waals surface area (Å²) in [5.41, 5.74) is 0.327. The van der Waals surface area contributed by atoms with Gasteiger partial charge in [-0.25, -0.2) is 4.79 Å². The summed E-state index contributed by atoms with van der Waals surface area (Å²) in [6, 6.07) is 5.28. The SMILES string of the molecule is O=C(O)c1c(Br)cccc1I. The number of halogens is 2. The predicted octanol–water partition coefficient (Wildman–Crippen LogP) is 2.75. The topological polar surface area (TPSA) is 37.3 Å². The van der Waals surface area contributed by atoms with Crippen molar-refractivity contribution >= 4 is 44.5 Å². The van der Waals surface area contributed by atoms with E-state index in [1.807, 2.05) is 22.6 Å². The molecule has 0 heterocycles. The molecule has 0 aliphatic rings. The van der Waals surface area contributed by atoms with Crippen LogP contribution in [0.25, 0.3) is 0 Å². The maximum absolute atomic E-state index is 10.6. The zero-order chi connectivity index (χ0) is 8.43. The minimum absolute atomic E-state index is 0.327. The van der Waals surface area contributed by atoms with Crippen molar-refractivity contribution in [2.75, 3.05) is 0 Å². The molecule has 0 bridgehead atoms. The van der Waals surface area contributed by atoms with Crippen LogP contribution in [0, 0.1) is 3.57 Å². The quantitative estimate of drug-likeness (QED) is 0.806. The molecule has 0 atom stereocenters. The second-order valence-electron chi connectivity index (χ2n) is 1.90. The molecule has 0 aromatic heterocycles. The summed E-state index contributed by atoms with van der Waals surface area (Å²) in [6.45, 7) is 0. The van der Waals surface area contributed by atoms with Crippen LogP contribution in [0.15, 0.2) is 22.7 Å². The van der Waals surface area contributed by atoms with Crippen LogP contribution in [0.2, 0.25) is 0 Å². The Balaban J connectivity index is 3.32. The number of carbonyl (C=O) groups is 1. The van der Waals surface area contributed by atoms with Crippen LogP contribution in [-0.4, -0.2) is 11.1 Å². The van der Waals surface area contributed by atoms with Gasteiger partial charge in [-0.2, -0.15) is 0 Å². The van der Waals surface area contributed by atoms with Gasteiger partial charge in [0, 0.05) is 8.04 Å². The highest BCUT2D eigenvalue weighted by Gasteiger charge is 2.10. The second-order valence-corrected chi connectivity index (χ2v) is 3.92. The summed E-state index contributed by atoms with van der Waals surface area (Å²) in [5, 5.41) is 8.71. The number of benzene rings is 1. The molecule has 0 aliphatic heterocycles. The molecular formula is C7H4BrIO2. The predicted molar refractivity (Wildman–Crippen MR) is 53.8 cm³/mol. The fourth-order valence-electron chi connectivity index (χ4n) is 0.702. The minimum Gasteiger partial charge on any atom is -0.478 e. The van der Waals surface area contributed by atoms with E-state index in [0.29, 0.717) is 10.0 Å². The Labute approximate surface area is 85.9 Å². The lowest BCUT2D eigenvalue weighted by Crippen LogP contribution is -2.00. The highest BCUT2D eigenvalue weighted by atomic mass is 127. The van der Waals surface area contributed by atoms with Crippen LogP contribution in [0.5, 0.6) is 0 Å². The first-order valence-corrected chi connectivity index (χ1v) is 4.67. The molecule has 0 spiro atoms. The zero-order valence-electron chi connectivity index (χ0n) is 5.34. The average molecular weight is 327 g/mol. The van der Waals surface area contributed by atoms with Crippen molar-refractivity contribution in [3.8, 4) is 0 Å². The van der Waals surface area contributed by atoms with E-state index >= 15 is 0 Å². The molecule has 11 heavy (non-hydrogen) atoms. The normalized spacial score (nSPS) is 9.64. The molecule has 1 aromatic carbocycles. The van der Waals surface area contributed by atoms with Gasteiger partial charge in [0.1, 0.15) is 0 Å². The summed E-state index contributed by atoms with van der Waals surface area (Å²) in [5.74, 6) is -0.901.